The summed E-state index contributed by atoms with van der Waals surface area (Å²) >= 11 is 5.87. The SMILES string of the molecule is NC(=O)[C@@H](CN1CCCOCC1)c1ccc(Cl)cc1. The molecule has 0 saturated carbocycles. The van der Waals surface area contributed by atoms with Crippen LogP contribution in [0.2, 0.25) is 5.02 Å². The molecular weight excluding hydrogens is 264 g/mol. The Labute approximate surface area is 118 Å². The molecule has 1 aromatic rings. The van der Waals surface area contributed by atoms with Gasteiger partial charge in [-0.25, -0.2) is 0 Å². The van der Waals surface area contributed by atoms with E-state index in [1.165, 1.54) is 0 Å². The third-order valence-corrected chi connectivity index (χ3v) is 3.62. The Morgan fingerprint density at radius 2 is 2.05 bits per heavy atom. The number of carbonyl (C=O) groups is 1. The largest absolute Gasteiger partial charge is 0.380 e. The van der Waals surface area contributed by atoms with Crippen LogP contribution in [-0.2, 0) is 9.53 Å². The molecule has 0 aliphatic carbocycles. The molecule has 1 aliphatic heterocycles. The van der Waals surface area contributed by atoms with Crippen molar-refractivity contribution in [1.29, 1.82) is 0 Å². The first-order valence-electron chi connectivity index (χ1n) is 6.51. The van der Waals surface area contributed by atoms with E-state index in [1.54, 1.807) is 12.1 Å². The molecule has 2 N–H and O–H groups in total. The third kappa shape index (κ3) is 4.20. The van der Waals surface area contributed by atoms with Gasteiger partial charge in [-0.05, 0) is 24.1 Å². The quantitative estimate of drug-likeness (QED) is 0.913. The zero-order chi connectivity index (χ0) is 13.7. The maximum atomic E-state index is 11.7. The highest BCUT2D eigenvalue weighted by Gasteiger charge is 2.22. The van der Waals surface area contributed by atoms with Crippen LogP contribution in [-0.4, -0.2) is 43.7 Å². The van der Waals surface area contributed by atoms with Crippen molar-refractivity contribution in [2.75, 3.05) is 32.8 Å². The van der Waals surface area contributed by atoms with Crippen LogP contribution in [0.25, 0.3) is 0 Å². The molecule has 0 bridgehead atoms. The number of halogens is 1. The van der Waals surface area contributed by atoms with Gasteiger partial charge >= 0.3 is 0 Å². The molecule has 0 radical (unpaired) electrons. The van der Waals surface area contributed by atoms with Crippen LogP contribution in [0.15, 0.2) is 24.3 Å². The van der Waals surface area contributed by atoms with E-state index >= 15 is 0 Å². The normalized spacial score (nSPS) is 18.8. The Kier molecular flexibility index (Phi) is 5.19. The highest BCUT2D eigenvalue weighted by Crippen LogP contribution is 2.20. The first-order chi connectivity index (χ1) is 9.16. The van der Waals surface area contributed by atoms with Gasteiger partial charge in [0.1, 0.15) is 0 Å². The predicted molar refractivity (Wildman–Crippen MR) is 75.3 cm³/mol. The van der Waals surface area contributed by atoms with Crippen molar-refractivity contribution in [1.82, 2.24) is 4.90 Å². The van der Waals surface area contributed by atoms with Crippen molar-refractivity contribution >= 4 is 17.5 Å². The fourth-order valence-electron chi connectivity index (χ4n) is 2.29. The molecule has 104 valence electrons. The maximum absolute atomic E-state index is 11.7. The lowest BCUT2D eigenvalue weighted by Crippen LogP contribution is -2.36. The minimum atomic E-state index is -0.299. The predicted octanol–water partition coefficient (Wildman–Crippen LogP) is 1.63. The number of nitrogens with two attached hydrogens (primary N) is 1. The van der Waals surface area contributed by atoms with Crippen molar-refractivity contribution in [2.45, 2.75) is 12.3 Å². The van der Waals surface area contributed by atoms with Crippen molar-refractivity contribution in [2.24, 2.45) is 5.73 Å². The summed E-state index contributed by atoms with van der Waals surface area (Å²) in [5, 5.41) is 0.662. The van der Waals surface area contributed by atoms with Gasteiger partial charge in [0.05, 0.1) is 12.5 Å². The van der Waals surface area contributed by atoms with Gasteiger partial charge in [0.2, 0.25) is 5.91 Å². The second-order valence-corrected chi connectivity index (χ2v) is 5.21. The number of rotatable bonds is 4. The van der Waals surface area contributed by atoms with Crippen LogP contribution in [0, 0.1) is 0 Å². The lowest BCUT2D eigenvalue weighted by atomic mass is 9.98. The van der Waals surface area contributed by atoms with Crippen LogP contribution in [0.5, 0.6) is 0 Å². The highest BCUT2D eigenvalue weighted by atomic mass is 35.5. The Hall–Kier alpha value is -1.10. The maximum Gasteiger partial charge on any atom is 0.226 e. The van der Waals surface area contributed by atoms with E-state index < -0.39 is 0 Å². The molecule has 1 aromatic carbocycles. The summed E-state index contributed by atoms with van der Waals surface area (Å²) in [6.07, 6.45) is 0.992. The van der Waals surface area contributed by atoms with Gasteiger partial charge in [-0.3, -0.25) is 9.69 Å². The second kappa shape index (κ2) is 6.89. The Bertz CT molecular complexity index is 414. The molecule has 0 aromatic heterocycles. The lowest BCUT2D eigenvalue weighted by molar-refractivity contribution is -0.119. The molecule has 1 fully saturated rings. The average molecular weight is 283 g/mol. The first kappa shape index (κ1) is 14.3. The molecule has 0 unspecified atom stereocenters. The molecule has 19 heavy (non-hydrogen) atoms. The van der Waals surface area contributed by atoms with Crippen molar-refractivity contribution < 1.29 is 9.53 Å². The number of hydrogen-bond donors (Lipinski definition) is 1. The Morgan fingerprint density at radius 3 is 2.74 bits per heavy atom. The molecule has 1 amide bonds. The fourth-order valence-corrected chi connectivity index (χ4v) is 2.42. The zero-order valence-corrected chi connectivity index (χ0v) is 11.6. The molecule has 5 heteroatoms. The summed E-state index contributed by atoms with van der Waals surface area (Å²) in [6.45, 7) is 3.93. The van der Waals surface area contributed by atoms with E-state index in [0.717, 1.165) is 31.7 Å². The molecule has 1 aliphatic rings. The van der Waals surface area contributed by atoms with Gasteiger partial charge in [-0.2, -0.15) is 0 Å². The third-order valence-electron chi connectivity index (χ3n) is 3.37. The number of ether oxygens (including phenoxy) is 1. The fraction of sp³-hybridized carbons (Fsp3) is 0.500. The van der Waals surface area contributed by atoms with Crippen molar-refractivity contribution in [3.05, 3.63) is 34.9 Å². The molecular formula is C14H19ClN2O2. The number of primary amides is 1. The van der Waals surface area contributed by atoms with Crippen LogP contribution < -0.4 is 5.73 Å². The number of benzene rings is 1. The van der Waals surface area contributed by atoms with E-state index in [9.17, 15) is 4.79 Å². The Balaban J connectivity index is 2.07. The molecule has 1 atom stereocenters. The van der Waals surface area contributed by atoms with Gasteiger partial charge in [0.15, 0.2) is 0 Å². The van der Waals surface area contributed by atoms with Crippen LogP contribution in [0.4, 0.5) is 0 Å². The number of amides is 1. The minimum absolute atomic E-state index is 0.296. The monoisotopic (exact) mass is 282 g/mol. The van der Waals surface area contributed by atoms with E-state index in [0.29, 0.717) is 18.2 Å². The van der Waals surface area contributed by atoms with Crippen molar-refractivity contribution in [3.8, 4) is 0 Å². The molecule has 2 rings (SSSR count). The topological polar surface area (TPSA) is 55.6 Å². The summed E-state index contributed by atoms with van der Waals surface area (Å²) in [5.41, 5.74) is 6.45. The summed E-state index contributed by atoms with van der Waals surface area (Å²) in [5.74, 6) is -0.595. The van der Waals surface area contributed by atoms with Crippen LogP contribution >= 0.6 is 11.6 Å². The van der Waals surface area contributed by atoms with Gasteiger partial charge in [-0.15, -0.1) is 0 Å². The zero-order valence-electron chi connectivity index (χ0n) is 10.8. The van der Waals surface area contributed by atoms with Crippen LogP contribution in [0.1, 0.15) is 17.9 Å². The van der Waals surface area contributed by atoms with Crippen LogP contribution in [0.3, 0.4) is 0 Å². The smallest absolute Gasteiger partial charge is 0.226 e. The highest BCUT2D eigenvalue weighted by molar-refractivity contribution is 6.30. The van der Waals surface area contributed by atoms with E-state index in [4.69, 9.17) is 22.1 Å². The first-order valence-corrected chi connectivity index (χ1v) is 6.89. The Morgan fingerprint density at radius 1 is 1.32 bits per heavy atom. The molecule has 4 nitrogen and oxygen atoms in total. The van der Waals surface area contributed by atoms with Gasteiger partial charge in [0, 0.05) is 31.3 Å². The molecule has 1 saturated heterocycles. The molecule has 1 heterocycles. The summed E-state index contributed by atoms with van der Waals surface area (Å²) in [6, 6.07) is 7.31. The van der Waals surface area contributed by atoms with Crippen molar-refractivity contribution in [3.63, 3.8) is 0 Å². The van der Waals surface area contributed by atoms with E-state index in [2.05, 4.69) is 4.90 Å². The second-order valence-electron chi connectivity index (χ2n) is 4.77. The summed E-state index contributed by atoms with van der Waals surface area (Å²) in [4.78, 5) is 13.9. The van der Waals surface area contributed by atoms with Gasteiger partial charge in [-0.1, -0.05) is 23.7 Å². The molecule has 0 spiro atoms. The average Bonchev–Trinajstić information content (AvgIpc) is 2.65. The van der Waals surface area contributed by atoms with Gasteiger partial charge < -0.3 is 10.5 Å². The number of hydrogen-bond acceptors (Lipinski definition) is 3. The van der Waals surface area contributed by atoms with E-state index in [-0.39, 0.29) is 11.8 Å². The summed E-state index contributed by atoms with van der Waals surface area (Å²) in [7, 11) is 0. The van der Waals surface area contributed by atoms with Gasteiger partial charge in [0.25, 0.3) is 0 Å². The summed E-state index contributed by atoms with van der Waals surface area (Å²) < 4.78 is 5.41. The van der Waals surface area contributed by atoms with E-state index in [1.807, 2.05) is 12.1 Å². The standard InChI is InChI=1S/C14H19ClN2O2/c15-12-4-2-11(3-5-12)13(14(16)18)10-17-6-1-8-19-9-7-17/h2-5,13H,1,6-10H2,(H2,16,18)/t13-/m0/s1. The lowest BCUT2D eigenvalue weighted by Gasteiger charge is -2.24. The number of carbonyl (C=O) groups excluding carboxylic acids is 1. The minimum Gasteiger partial charge on any atom is -0.380 e. The number of nitrogens with zero attached hydrogens (tertiary/aromatic N) is 1.